The van der Waals surface area contributed by atoms with Crippen LogP contribution in [0.25, 0.3) is 10.9 Å². The fourth-order valence-electron chi connectivity index (χ4n) is 3.13. The van der Waals surface area contributed by atoms with Crippen molar-refractivity contribution in [3.05, 3.63) is 90.4 Å². The highest BCUT2D eigenvalue weighted by molar-refractivity contribution is 7.98. The summed E-state index contributed by atoms with van der Waals surface area (Å²) in [5, 5.41) is 15.3. The van der Waals surface area contributed by atoms with E-state index >= 15 is 0 Å². The third kappa shape index (κ3) is 3.59. The Morgan fingerprint density at radius 1 is 0.963 bits per heavy atom. The molecule has 0 bridgehead atoms. The van der Waals surface area contributed by atoms with Crippen LogP contribution in [0.1, 0.15) is 17.2 Å². The van der Waals surface area contributed by atoms with E-state index in [0.717, 1.165) is 22.2 Å². The highest BCUT2D eigenvalue weighted by Crippen LogP contribution is 2.36. The Labute approximate surface area is 162 Å². The smallest absolute Gasteiger partial charge is 0.147 e. The first-order chi connectivity index (χ1) is 13.3. The Bertz CT molecular complexity index is 1050. The van der Waals surface area contributed by atoms with Crippen LogP contribution in [-0.2, 0) is 0 Å². The van der Waals surface area contributed by atoms with E-state index in [1.54, 1.807) is 30.4 Å². The van der Waals surface area contributed by atoms with Gasteiger partial charge in [0.25, 0.3) is 0 Å². The Hall–Kier alpha value is -3.05. The van der Waals surface area contributed by atoms with Gasteiger partial charge in [-0.15, -0.1) is 11.8 Å². The Balaban J connectivity index is 1.83. The molecule has 0 radical (unpaired) electrons. The van der Waals surface area contributed by atoms with Crippen LogP contribution < -0.4 is 5.32 Å². The first-order valence-electron chi connectivity index (χ1n) is 8.63. The summed E-state index contributed by atoms with van der Waals surface area (Å²) in [5.74, 6) is 0.198. The van der Waals surface area contributed by atoms with Gasteiger partial charge < -0.3 is 10.4 Å². The van der Waals surface area contributed by atoms with E-state index in [2.05, 4.69) is 45.8 Å². The van der Waals surface area contributed by atoms with Gasteiger partial charge in [0.15, 0.2) is 0 Å². The monoisotopic (exact) mass is 373 g/mol. The van der Waals surface area contributed by atoms with Crippen LogP contribution in [-0.4, -0.2) is 21.3 Å². The van der Waals surface area contributed by atoms with E-state index in [1.165, 1.54) is 4.90 Å². The maximum atomic E-state index is 10.9. The minimum atomic E-state index is -0.225. The molecule has 1 unspecified atom stereocenters. The van der Waals surface area contributed by atoms with Gasteiger partial charge in [0.1, 0.15) is 11.3 Å². The average molecular weight is 373 g/mol. The molecule has 27 heavy (non-hydrogen) atoms. The quantitative estimate of drug-likeness (QED) is 0.467. The van der Waals surface area contributed by atoms with Crippen molar-refractivity contribution in [2.45, 2.75) is 10.9 Å². The summed E-state index contributed by atoms with van der Waals surface area (Å²) in [4.78, 5) is 9.74. The van der Waals surface area contributed by atoms with E-state index in [4.69, 9.17) is 0 Å². The molecule has 0 aliphatic heterocycles. The minimum Gasteiger partial charge on any atom is -0.505 e. The van der Waals surface area contributed by atoms with Crippen LogP contribution in [0.4, 0.5) is 5.69 Å². The van der Waals surface area contributed by atoms with Crippen LogP contribution in [0, 0.1) is 0 Å². The zero-order valence-corrected chi connectivity index (χ0v) is 15.6. The molecule has 2 heterocycles. The van der Waals surface area contributed by atoms with Gasteiger partial charge in [0, 0.05) is 34.4 Å². The van der Waals surface area contributed by atoms with Crippen LogP contribution >= 0.6 is 11.8 Å². The highest BCUT2D eigenvalue weighted by Gasteiger charge is 2.20. The van der Waals surface area contributed by atoms with Gasteiger partial charge in [-0.2, -0.15) is 0 Å². The lowest BCUT2D eigenvalue weighted by Crippen LogP contribution is -2.13. The third-order valence-corrected chi connectivity index (χ3v) is 5.26. The number of pyridine rings is 2. The molecule has 0 saturated heterocycles. The fraction of sp³-hybridized carbons (Fsp3) is 0.0909. The molecule has 0 amide bonds. The molecule has 4 aromatic rings. The topological polar surface area (TPSA) is 58.0 Å². The summed E-state index contributed by atoms with van der Waals surface area (Å²) in [6.45, 7) is 0. The number of phenolic OH excluding ortho intramolecular Hbond substituents is 1. The van der Waals surface area contributed by atoms with E-state index in [9.17, 15) is 5.11 Å². The molecule has 2 aromatic carbocycles. The number of nitrogens with one attached hydrogen (secondary N) is 1. The third-order valence-electron chi connectivity index (χ3n) is 4.51. The number of aromatic hydroxyl groups is 1. The van der Waals surface area contributed by atoms with Crippen molar-refractivity contribution in [2.75, 3.05) is 11.6 Å². The van der Waals surface area contributed by atoms with Gasteiger partial charge in [0.2, 0.25) is 0 Å². The predicted molar refractivity (Wildman–Crippen MR) is 111 cm³/mol. The molecule has 2 aromatic heterocycles. The van der Waals surface area contributed by atoms with Crippen LogP contribution in [0.5, 0.6) is 5.75 Å². The fourth-order valence-corrected chi connectivity index (χ4v) is 3.54. The maximum Gasteiger partial charge on any atom is 0.147 e. The molecule has 4 nitrogen and oxygen atoms in total. The molecule has 0 aliphatic carbocycles. The predicted octanol–water partition coefficient (Wildman–Crippen LogP) is 5.26. The second kappa shape index (κ2) is 7.68. The molecule has 0 spiro atoms. The van der Waals surface area contributed by atoms with E-state index < -0.39 is 0 Å². The molecule has 2 N–H and O–H groups in total. The lowest BCUT2D eigenvalue weighted by Gasteiger charge is -2.22. The number of rotatable bonds is 5. The summed E-state index contributed by atoms with van der Waals surface area (Å²) in [6.07, 6.45) is 7.27. The van der Waals surface area contributed by atoms with Crippen LogP contribution in [0.15, 0.2) is 84.1 Å². The Kier molecular flexibility index (Phi) is 4.94. The van der Waals surface area contributed by atoms with Crippen molar-refractivity contribution in [3.63, 3.8) is 0 Å². The van der Waals surface area contributed by atoms with E-state index in [-0.39, 0.29) is 11.8 Å². The van der Waals surface area contributed by atoms with Crippen molar-refractivity contribution >= 4 is 28.4 Å². The number of nitrogens with zero attached hydrogens (tertiary/aromatic N) is 2. The zero-order valence-electron chi connectivity index (χ0n) is 14.8. The van der Waals surface area contributed by atoms with E-state index in [0.29, 0.717) is 5.52 Å². The first-order valence-corrected chi connectivity index (χ1v) is 9.86. The molecule has 0 saturated carbocycles. The molecular weight excluding hydrogens is 354 g/mol. The van der Waals surface area contributed by atoms with Crippen molar-refractivity contribution < 1.29 is 5.11 Å². The number of hydrogen-bond donors (Lipinski definition) is 2. The standard InChI is InChI=1S/C22H19N3OS/c1-27-18-9-6-16(7-10-18)20(25-17-5-3-12-23-14-17)19-11-8-15-4-2-13-24-21(15)22(19)26/h2-14,20,25-26H,1H3. The average Bonchev–Trinajstić information content (AvgIpc) is 2.74. The van der Waals surface area contributed by atoms with Crippen molar-refractivity contribution in [1.82, 2.24) is 9.97 Å². The second-order valence-corrected chi connectivity index (χ2v) is 7.05. The van der Waals surface area contributed by atoms with Crippen molar-refractivity contribution in [3.8, 4) is 5.75 Å². The van der Waals surface area contributed by atoms with Gasteiger partial charge in [-0.3, -0.25) is 9.97 Å². The number of fused-ring (bicyclic) bond motifs is 1. The number of anilines is 1. The van der Waals surface area contributed by atoms with Gasteiger partial charge >= 0.3 is 0 Å². The van der Waals surface area contributed by atoms with E-state index in [1.807, 2.05) is 36.4 Å². The summed E-state index contributed by atoms with van der Waals surface area (Å²) in [5.41, 5.74) is 3.33. The second-order valence-electron chi connectivity index (χ2n) is 6.17. The Morgan fingerprint density at radius 3 is 2.52 bits per heavy atom. The largest absolute Gasteiger partial charge is 0.505 e. The highest BCUT2D eigenvalue weighted by atomic mass is 32.2. The van der Waals surface area contributed by atoms with Gasteiger partial charge in [0.05, 0.1) is 11.7 Å². The molecule has 5 heteroatoms. The number of benzene rings is 2. The van der Waals surface area contributed by atoms with Crippen molar-refractivity contribution in [1.29, 1.82) is 0 Å². The lowest BCUT2D eigenvalue weighted by atomic mass is 9.96. The summed E-state index contributed by atoms with van der Waals surface area (Å²) >= 11 is 1.70. The molecule has 0 fully saturated rings. The molecular formula is C22H19N3OS. The summed E-state index contributed by atoms with van der Waals surface area (Å²) in [6, 6.07) is 19.7. The number of thioether (sulfide) groups is 1. The first kappa shape index (κ1) is 17.4. The molecule has 1 atom stereocenters. The van der Waals surface area contributed by atoms with Gasteiger partial charge in [-0.1, -0.05) is 30.3 Å². The zero-order chi connectivity index (χ0) is 18.6. The number of phenols is 1. The molecule has 4 rings (SSSR count). The van der Waals surface area contributed by atoms with Gasteiger partial charge in [-0.05, 0) is 42.2 Å². The molecule has 134 valence electrons. The maximum absolute atomic E-state index is 10.9. The summed E-state index contributed by atoms with van der Waals surface area (Å²) in [7, 11) is 0. The normalized spacial score (nSPS) is 12.0. The summed E-state index contributed by atoms with van der Waals surface area (Å²) < 4.78 is 0. The molecule has 0 aliphatic rings. The number of hydrogen-bond acceptors (Lipinski definition) is 5. The SMILES string of the molecule is CSc1ccc(C(Nc2cccnc2)c2ccc3cccnc3c2O)cc1. The lowest BCUT2D eigenvalue weighted by molar-refractivity contribution is 0.472. The van der Waals surface area contributed by atoms with Crippen molar-refractivity contribution in [2.24, 2.45) is 0 Å². The Morgan fingerprint density at radius 2 is 1.78 bits per heavy atom. The van der Waals surface area contributed by atoms with Crippen LogP contribution in [0.3, 0.4) is 0 Å². The minimum absolute atomic E-state index is 0.198. The number of aromatic nitrogens is 2. The van der Waals surface area contributed by atoms with Gasteiger partial charge in [-0.25, -0.2) is 0 Å². The van der Waals surface area contributed by atoms with Crippen LogP contribution in [0.2, 0.25) is 0 Å².